The van der Waals surface area contributed by atoms with Gasteiger partial charge in [0.2, 0.25) is 17.7 Å². The Labute approximate surface area is 244 Å². The normalized spacial score (nSPS) is 18.8. The molecule has 1 aromatic carbocycles. The Hall–Kier alpha value is -4.56. The number of nitrogens with one attached hydrogen (secondary N) is 1. The largest absolute Gasteiger partial charge is 0.444 e. The summed E-state index contributed by atoms with van der Waals surface area (Å²) in [6.45, 7) is 6.44. The minimum absolute atomic E-state index is 0.130. The highest BCUT2D eigenvalue weighted by atomic mass is 16.6. The SMILES string of the molecule is CC(C)(C)OC(=O)N(CCC#Cc1ccc2c(c1)CN(C1CCC(=O)NC1=O)C2=O)CC(=O)N1CCC(N=[N+]=[N-])CC1. The smallest absolute Gasteiger partial charge is 0.410 e. The van der Waals surface area contributed by atoms with Crippen LogP contribution in [0, 0.1) is 11.8 Å². The molecule has 0 saturated carbocycles. The van der Waals surface area contributed by atoms with E-state index >= 15 is 0 Å². The van der Waals surface area contributed by atoms with E-state index in [9.17, 15) is 24.0 Å². The molecule has 1 atom stereocenters. The van der Waals surface area contributed by atoms with E-state index in [0.717, 1.165) is 5.56 Å². The maximum atomic E-state index is 13.0. The van der Waals surface area contributed by atoms with E-state index < -0.39 is 23.6 Å². The van der Waals surface area contributed by atoms with Gasteiger partial charge in [-0.05, 0) is 69.3 Å². The lowest BCUT2D eigenvalue weighted by molar-refractivity contribution is -0.137. The zero-order valence-corrected chi connectivity index (χ0v) is 24.1. The summed E-state index contributed by atoms with van der Waals surface area (Å²) in [4.78, 5) is 69.9. The Morgan fingerprint density at radius 1 is 1.19 bits per heavy atom. The number of imide groups is 1. The predicted octanol–water partition coefficient (Wildman–Crippen LogP) is 2.73. The number of hydrogen-bond acceptors (Lipinski definition) is 7. The van der Waals surface area contributed by atoms with Crippen LogP contribution in [-0.4, -0.2) is 88.3 Å². The lowest BCUT2D eigenvalue weighted by atomic mass is 10.0. The van der Waals surface area contributed by atoms with Crippen LogP contribution in [0.25, 0.3) is 10.4 Å². The van der Waals surface area contributed by atoms with Crippen LogP contribution in [0.15, 0.2) is 23.3 Å². The van der Waals surface area contributed by atoms with Gasteiger partial charge in [-0.25, -0.2) is 4.79 Å². The third kappa shape index (κ3) is 7.59. The number of fused-ring (bicyclic) bond motifs is 1. The monoisotopic (exact) mass is 577 g/mol. The third-order valence-electron chi connectivity index (χ3n) is 7.27. The van der Waals surface area contributed by atoms with Gasteiger partial charge in [0.05, 0.1) is 0 Å². The van der Waals surface area contributed by atoms with E-state index in [4.69, 9.17) is 10.3 Å². The average Bonchev–Trinajstić information content (AvgIpc) is 3.25. The molecule has 3 aliphatic heterocycles. The molecule has 2 saturated heterocycles. The van der Waals surface area contributed by atoms with Gasteiger partial charge in [0.15, 0.2) is 0 Å². The fourth-order valence-corrected chi connectivity index (χ4v) is 5.14. The molecule has 3 heterocycles. The summed E-state index contributed by atoms with van der Waals surface area (Å²) in [6, 6.07) is 4.41. The molecule has 1 unspecified atom stereocenters. The van der Waals surface area contributed by atoms with Gasteiger partial charge in [-0.1, -0.05) is 17.0 Å². The number of hydrogen-bond donors (Lipinski definition) is 1. The maximum Gasteiger partial charge on any atom is 0.410 e. The van der Waals surface area contributed by atoms with E-state index in [-0.39, 0.29) is 56.2 Å². The maximum absolute atomic E-state index is 13.0. The van der Waals surface area contributed by atoms with Gasteiger partial charge in [0, 0.05) is 61.1 Å². The van der Waals surface area contributed by atoms with Crippen molar-refractivity contribution in [1.29, 1.82) is 0 Å². The third-order valence-corrected chi connectivity index (χ3v) is 7.27. The number of carbonyl (C=O) groups excluding carboxylic acids is 5. The molecule has 1 aromatic rings. The number of rotatable bonds is 6. The number of likely N-dealkylation sites (tertiary alicyclic amines) is 1. The van der Waals surface area contributed by atoms with E-state index in [1.807, 2.05) is 0 Å². The van der Waals surface area contributed by atoms with Crippen LogP contribution in [0.4, 0.5) is 4.79 Å². The Bertz CT molecular complexity index is 1380. The first kappa shape index (κ1) is 30.4. The molecule has 0 spiro atoms. The summed E-state index contributed by atoms with van der Waals surface area (Å²) >= 11 is 0. The number of ether oxygens (including phenoxy) is 1. The van der Waals surface area contributed by atoms with Crippen molar-refractivity contribution in [3.05, 3.63) is 45.3 Å². The Kier molecular flexibility index (Phi) is 9.38. The number of nitrogens with zero attached hydrogens (tertiary/aromatic N) is 6. The number of benzene rings is 1. The Balaban J connectivity index is 1.37. The van der Waals surface area contributed by atoms with Gasteiger partial charge < -0.3 is 14.5 Å². The van der Waals surface area contributed by atoms with Crippen LogP contribution in [0.1, 0.15) is 74.4 Å². The molecule has 0 bridgehead atoms. The van der Waals surface area contributed by atoms with E-state index in [1.54, 1.807) is 43.9 Å². The van der Waals surface area contributed by atoms with Crippen molar-refractivity contribution in [2.75, 3.05) is 26.2 Å². The Morgan fingerprint density at radius 2 is 1.93 bits per heavy atom. The van der Waals surface area contributed by atoms with Crippen molar-refractivity contribution in [3.8, 4) is 11.8 Å². The van der Waals surface area contributed by atoms with E-state index in [1.165, 1.54) is 9.80 Å². The first-order valence-corrected chi connectivity index (χ1v) is 14.0. The minimum Gasteiger partial charge on any atom is -0.444 e. The standard InChI is InChI=1S/C29H35N7O6/c1-29(2,3)42-28(41)35(18-25(38)34-14-11-21(12-15-34)32-33-30)13-5-4-6-19-7-8-22-20(16-19)17-36(27(22)40)23-9-10-24(37)31-26(23)39/h7-8,16,21,23H,5,9-15,17-18H2,1-3H3,(H,31,37,39). The molecule has 0 aliphatic carbocycles. The zero-order chi connectivity index (χ0) is 30.4. The summed E-state index contributed by atoms with van der Waals surface area (Å²) in [5, 5.41) is 6.03. The van der Waals surface area contributed by atoms with Crippen molar-refractivity contribution in [1.82, 2.24) is 20.0 Å². The fraction of sp³-hybridized carbons (Fsp3) is 0.552. The van der Waals surface area contributed by atoms with Crippen molar-refractivity contribution >= 4 is 29.7 Å². The number of piperidine rings is 2. The van der Waals surface area contributed by atoms with Crippen LogP contribution >= 0.6 is 0 Å². The molecular formula is C29H35N7O6. The summed E-state index contributed by atoms with van der Waals surface area (Å²) in [7, 11) is 0. The van der Waals surface area contributed by atoms with Gasteiger partial charge in [-0.3, -0.25) is 29.4 Å². The molecule has 13 nitrogen and oxygen atoms in total. The number of carbonyl (C=O) groups is 5. The van der Waals surface area contributed by atoms with Gasteiger partial charge in [0.1, 0.15) is 18.2 Å². The minimum atomic E-state index is -0.735. The second-order valence-corrected chi connectivity index (χ2v) is 11.5. The quantitative estimate of drug-likeness (QED) is 0.179. The molecule has 1 N–H and O–H groups in total. The van der Waals surface area contributed by atoms with E-state index in [2.05, 4.69) is 27.2 Å². The fourth-order valence-electron chi connectivity index (χ4n) is 5.14. The van der Waals surface area contributed by atoms with Crippen LogP contribution in [0.5, 0.6) is 0 Å². The second-order valence-electron chi connectivity index (χ2n) is 11.5. The van der Waals surface area contributed by atoms with Gasteiger partial charge >= 0.3 is 6.09 Å². The second kappa shape index (κ2) is 13.0. The van der Waals surface area contributed by atoms with Crippen LogP contribution in [0.2, 0.25) is 0 Å². The van der Waals surface area contributed by atoms with Crippen molar-refractivity contribution in [2.24, 2.45) is 5.11 Å². The van der Waals surface area contributed by atoms with Crippen molar-refractivity contribution in [3.63, 3.8) is 0 Å². The van der Waals surface area contributed by atoms with Crippen molar-refractivity contribution in [2.45, 2.75) is 77.1 Å². The van der Waals surface area contributed by atoms with Crippen LogP contribution < -0.4 is 5.32 Å². The van der Waals surface area contributed by atoms with Gasteiger partial charge in [-0.15, -0.1) is 0 Å². The molecular weight excluding hydrogens is 542 g/mol. The summed E-state index contributed by atoms with van der Waals surface area (Å²) in [6.07, 6.45) is 1.31. The number of azide groups is 1. The average molecular weight is 578 g/mol. The molecule has 0 radical (unpaired) electrons. The highest BCUT2D eigenvalue weighted by Crippen LogP contribution is 2.28. The highest BCUT2D eigenvalue weighted by molar-refractivity contribution is 6.05. The first-order valence-electron chi connectivity index (χ1n) is 14.0. The highest BCUT2D eigenvalue weighted by Gasteiger charge is 2.39. The van der Waals surface area contributed by atoms with Crippen LogP contribution in [0.3, 0.4) is 0 Å². The summed E-state index contributed by atoms with van der Waals surface area (Å²) in [5.41, 5.74) is 9.84. The summed E-state index contributed by atoms with van der Waals surface area (Å²) < 4.78 is 5.52. The number of amides is 5. The predicted molar refractivity (Wildman–Crippen MR) is 151 cm³/mol. The topological polar surface area (TPSA) is 165 Å². The van der Waals surface area contributed by atoms with Crippen molar-refractivity contribution < 1.29 is 28.7 Å². The summed E-state index contributed by atoms with van der Waals surface area (Å²) in [5.74, 6) is 4.84. The lowest BCUT2D eigenvalue weighted by Crippen LogP contribution is -2.52. The van der Waals surface area contributed by atoms with E-state index in [0.29, 0.717) is 43.5 Å². The van der Waals surface area contributed by atoms with Gasteiger partial charge in [-0.2, -0.15) is 0 Å². The van der Waals surface area contributed by atoms with Gasteiger partial charge in [0.25, 0.3) is 5.91 Å². The molecule has 13 heteroatoms. The zero-order valence-electron chi connectivity index (χ0n) is 24.1. The Morgan fingerprint density at radius 3 is 2.60 bits per heavy atom. The molecule has 0 aromatic heterocycles. The lowest BCUT2D eigenvalue weighted by Gasteiger charge is -2.32. The molecule has 2 fully saturated rings. The first-order chi connectivity index (χ1) is 19.9. The molecule has 5 amide bonds. The molecule has 4 rings (SSSR count). The molecule has 3 aliphatic rings. The molecule has 222 valence electrons. The van der Waals surface area contributed by atoms with Crippen LogP contribution in [-0.2, 0) is 25.7 Å². The molecule has 42 heavy (non-hydrogen) atoms.